The van der Waals surface area contributed by atoms with Gasteiger partial charge in [0.25, 0.3) is 0 Å². The Morgan fingerprint density at radius 1 is 1.12 bits per heavy atom. The van der Waals surface area contributed by atoms with E-state index in [0.29, 0.717) is 0 Å². The fraction of sp³-hybridized carbons (Fsp3) is 0.167. The summed E-state index contributed by atoms with van der Waals surface area (Å²) in [6, 6.07) is 9.96. The van der Waals surface area contributed by atoms with Crippen molar-refractivity contribution in [1.29, 1.82) is 0 Å². The van der Waals surface area contributed by atoms with Gasteiger partial charge in [0.2, 0.25) is 0 Å². The molecular weight excluding hydrogens is 414 g/mol. The number of hydrogen-bond acceptors (Lipinski definition) is 2. The highest BCUT2D eigenvalue weighted by Crippen LogP contribution is 2.30. The van der Waals surface area contributed by atoms with Crippen molar-refractivity contribution >= 4 is 53.5 Å². The Balaban J connectivity index is 2.18. The van der Waals surface area contributed by atoms with E-state index in [1.165, 1.54) is 0 Å². The molecule has 1 aromatic heterocycles. The Bertz CT molecular complexity index is 524. The number of rotatable bonds is 3. The van der Waals surface area contributed by atoms with Gasteiger partial charge in [0.1, 0.15) is 5.76 Å². The van der Waals surface area contributed by atoms with Crippen molar-refractivity contribution in [1.82, 2.24) is 0 Å². The molecule has 0 spiro atoms. The van der Waals surface area contributed by atoms with E-state index in [1.807, 2.05) is 30.3 Å². The fourth-order valence-electron chi connectivity index (χ4n) is 1.47. The normalized spacial score (nSPS) is 12.5. The van der Waals surface area contributed by atoms with Gasteiger partial charge in [-0.15, -0.1) is 0 Å². The Hall–Kier alpha value is -0.260. The highest BCUT2D eigenvalue weighted by atomic mass is 79.9. The van der Waals surface area contributed by atoms with Gasteiger partial charge in [0.15, 0.2) is 4.67 Å². The summed E-state index contributed by atoms with van der Waals surface area (Å²) in [4.78, 5) is 0. The quantitative estimate of drug-likeness (QED) is 0.680. The lowest BCUT2D eigenvalue weighted by molar-refractivity contribution is 0.471. The number of halogens is 3. The summed E-state index contributed by atoms with van der Waals surface area (Å²) < 4.78 is 8.32. The molecular formula is C12H10Br3NO. The highest BCUT2D eigenvalue weighted by Gasteiger charge is 2.11. The lowest BCUT2D eigenvalue weighted by Crippen LogP contribution is -2.05. The van der Waals surface area contributed by atoms with Crippen LogP contribution < -0.4 is 5.32 Å². The van der Waals surface area contributed by atoms with Gasteiger partial charge in [-0.05, 0) is 69.1 Å². The number of furan rings is 1. The van der Waals surface area contributed by atoms with E-state index >= 15 is 0 Å². The van der Waals surface area contributed by atoms with E-state index in [1.54, 1.807) is 0 Å². The van der Waals surface area contributed by atoms with E-state index in [4.69, 9.17) is 4.42 Å². The second-order valence-corrected chi connectivity index (χ2v) is 6.18. The van der Waals surface area contributed by atoms with Crippen molar-refractivity contribution in [2.45, 2.75) is 13.0 Å². The Labute approximate surface area is 125 Å². The molecule has 17 heavy (non-hydrogen) atoms. The van der Waals surface area contributed by atoms with Crippen LogP contribution in [0.4, 0.5) is 5.69 Å². The molecule has 1 heterocycles. The lowest BCUT2D eigenvalue weighted by atomic mass is 10.2. The number of nitrogens with one attached hydrogen (secondary N) is 1. The van der Waals surface area contributed by atoms with Crippen molar-refractivity contribution in [2.75, 3.05) is 5.32 Å². The van der Waals surface area contributed by atoms with Crippen molar-refractivity contribution in [3.63, 3.8) is 0 Å². The minimum Gasteiger partial charge on any atom is -0.452 e. The third kappa shape index (κ3) is 3.36. The van der Waals surface area contributed by atoms with Crippen molar-refractivity contribution in [2.24, 2.45) is 0 Å². The second-order valence-electron chi connectivity index (χ2n) is 3.63. The van der Waals surface area contributed by atoms with Gasteiger partial charge in [-0.3, -0.25) is 0 Å². The average Bonchev–Trinajstić information content (AvgIpc) is 2.70. The SMILES string of the molecule is CC(Nc1cc(Br)ccc1Br)c1ccc(Br)o1. The van der Waals surface area contributed by atoms with Crippen LogP contribution in [0.25, 0.3) is 0 Å². The minimum atomic E-state index is 0.104. The van der Waals surface area contributed by atoms with Crippen LogP contribution >= 0.6 is 47.8 Å². The largest absolute Gasteiger partial charge is 0.452 e. The van der Waals surface area contributed by atoms with Gasteiger partial charge in [0, 0.05) is 8.95 Å². The number of benzene rings is 1. The van der Waals surface area contributed by atoms with Gasteiger partial charge >= 0.3 is 0 Å². The molecule has 0 radical (unpaired) electrons. The average molecular weight is 424 g/mol. The number of hydrogen-bond donors (Lipinski definition) is 1. The maximum absolute atomic E-state index is 5.51. The van der Waals surface area contributed by atoms with Crippen LogP contribution in [0.15, 0.2) is 48.4 Å². The Morgan fingerprint density at radius 2 is 1.88 bits per heavy atom. The first-order valence-electron chi connectivity index (χ1n) is 5.03. The minimum absolute atomic E-state index is 0.104. The van der Waals surface area contributed by atoms with E-state index in [2.05, 4.69) is 60.0 Å². The maximum atomic E-state index is 5.51. The molecule has 1 N–H and O–H groups in total. The number of anilines is 1. The summed E-state index contributed by atoms with van der Waals surface area (Å²) in [5.74, 6) is 0.892. The predicted molar refractivity (Wildman–Crippen MR) is 80.3 cm³/mol. The molecule has 0 saturated carbocycles. The summed E-state index contributed by atoms with van der Waals surface area (Å²) >= 11 is 10.3. The van der Waals surface area contributed by atoms with Crippen LogP contribution in [0, 0.1) is 0 Å². The first-order valence-corrected chi connectivity index (χ1v) is 7.41. The van der Waals surface area contributed by atoms with Crippen LogP contribution in [0.2, 0.25) is 0 Å². The van der Waals surface area contributed by atoms with Crippen LogP contribution in [-0.4, -0.2) is 0 Å². The molecule has 2 nitrogen and oxygen atoms in total. The van der Waals surface area contributed by atoms with Crippen molar-refractivity contribution < 1.29 is 4.42 Å². The van der Waals surface area contributed by atoms with Crippen LogP contribution in [0.3, 0.4) is 0 Å². The molecule has 0 aliphatic heterocycles. The van der Waals surface area contributed by atoms with Crippen LogP contribution in [0.5, 0.6) is 0 Å². The zero-order valence-corrected chi connectivity index (χ0v) is 13.8. The molecule has 0 fully saturated rings. The molecule has 90 valence electrons. The monoisotopic (exact) mass is 421 g/mol. The maximum Gasteiger partial charge on any atom is 0.169 e. The zero-order chi connectivity index (χ0) is 12.4. The summed E-state index contributed by atoms with van der Waals surface area (Å²) in [5, 5.41) is 3.39. The summed E-state index contributed by atoms with van der Waals surface area (Å²) in [6.45, 7) is 2.05. The highest BCUT2D eigenvalue weighted by molar-refractivity contribution is 9.11. The van der Waals surface area contributed by atoms with E-state index < -0.39 is 0 Å². The topological polar surface area (TPSA) is 25.2 Å². The Kier molecular flexibility index (Phi) is 4.33. The van der Waals surface area contributed by atoms with Gasteiger partial charge in [-0.1, -0.05) is 15.9 Å². The van der Waals surface area contributed by atoms with Crippen LogP contribution in [0.1, 0.15) is 18.7 Å². The molecule has 0 bridgehead atoms. The predicted octanol–water partition coefficient (Wildman–Crippen LogP) is 5.74. The third-order valence-electron chi connectivity index (χ3n) is 2.32. The molecule has 0 aliphatic carbocycles. The molecule has 5 heteroatoms. The smallest absolute Gasteiger partial charge is 0.169 e. The van der Waals surface area contributed by atoms with Crippen LogP contribution in [-0.2, 0) is 0 Å². The van der Waals surface area contributed by atoms with Gasteiger partial charge in [-0.25, -0.2) is 0 Å². The van der Waals surface area contributed by atoms with Gasteiger partial charge in [-0.2, -0.15) is 0 Å². The lowest BCUT2D eigenvalue weighted by Gasteiger charge is -2.14. The molecule has 0 aliphatic rings. The van der Waals surface area contributed by atoms with Gasteiger partial charge in [0.05, 0.1) is 11.7 Å². The molecule has 1 unspecified atom stereocenters. The van der Waals surface area contributed by atoms with Crippen molar-refractivity contribution in [3.05, 3.63) is 49.7 Å². The summed E-state index contributed by atoms with van der Waals surface area (Å²) in [5.41, 5.74) is 1.03. The standard InChI is InChI=1S/C12H10Br3NO/c1-7(11-4-5-12(15)17-11)16-10-6-8(13)2-3-9(10)14/h2-7,16H,1H3. The second kappa shape index (κ2) is 5.59. The van der Waals surface area contributed by atoms with E-state index in [-0.39, 0.29) is 6.04 Å². The summed E-state index contributed by atoms with van der Waals surface area (Å²) in [7, 11) is 0. The molecule has 0 saturated heterocycles. The first-order chi connectivity index (χ1) is 8.06. The van der Waals surface area contributed by atoms with E-state index in [0.717, 1.165) is 25.1 Å². The third-order valence-corrected chi connectivity index (χ3v) is 3.93. The molecule has 1 atom stereocenters. The molecule has 2 aromatic rings. The summed E-state index contributed by atoms with van der Waals surface area (Å²) in [6.07, 6.45) is 0. The van der Waals surface area contributed by atoms with Gasteiger partial charge < -0.3 is 9.73 Å². The zero-order valence-electron chi connectivity index (χ0n) is 9.01. The molecule has 1 aromatic carbocycles. The molecule has 0 amide bonds. The molecule has 2 rings (SSSR count). The van der Waals surface area contributed by atoms with Crippen molar-refractivity contribution in [3.8, 4) is 0 Å². The Morgan fingerprint density at radius 3 is 2.53 bits per heavy atom. The fourth-order valence-corrected chi connectivity index (χ4v) is 2.51. The van der Waals surface area contributed by atoms with E-state index in [9.17, 15) is 0 Å². The first kappa shape index (κ1) is 13.2.